The van der Waals surface area contributed by atoms with Gasteiger partial charge in [-0.1, -0.05) is 24.3 Å². The first-order valence-corrected chi connectivity index (χ1v) is 10.6. The Morgan fingerprint density at radius 2 is 1.87 bits per heavy atom. The van der Waals surface area contributed by atoms with Gasteiger partial charge < -0.3 is 19.5 Å². The third-order valence-corrected chi connectivity index (χ3v) is 5.46. The van der Waals surface area contributed by atoms with Crippen LogP contribution >= 0.6 is 12.2 Å². The van der Waals surface area contributed by atoms with E-state index < -0.39 is 0 Å². The molecule has 0 aromatic heterocycles. The highest BCUT2D eigenvalue weighted by Gasteiger charge is 2.33. The summed E-state index contributed by atoms with van der Waals surface area (Å²) in [4.78, 5) is 16.7. The van der Waals surface area contributed by atoms with E-state index in [1.807, 2.05) is 36.4 Å². The van der Waals surface area contributed by atoms with Crippen LogP contribution in [0.4, 0.5) is 5.69 Å². The van der Waals surface area contributed by atoms with E-state index in [2.05, 4.69) is 10.2 Å². The van der Waals surface area contributed by atoms with Crippen LogP contribution in [-0.4, -0.2) is 62.5 Å². The zero-order chi connectivity index (χ0) is 21.6. The standard InChI is InChI=1S/C23H25N3O4S/c1-28-21-5-3-2-4-20(21)26-22(27)19(24-23(26)31)16-17-6-8-18(9-7-17)30-15-12-25-10-13-29-14-11-25/h2-9,16H,10-15H2,1H3,(H,24,31)/b19-16+. The number of ether oxygens (including phenoxy) is 3. The van der Waals surface area contributed by atoms with E-state index in [1.165, 1.54) is 4.90 Å². The van der Waals surface area contributed by atoms with Crippen molar-refractivity contribution < 1.29 is 19.0 Å². The summed E-state index contributed by atoms with van der Waals surface area (Å²) in [5, 5.41) is 3.33. The Balaban J connectivity index is 1.39. The molecule has 0 unspecified atom stereocenters. The van der Waals surface area contributed by atoms with Crippen LogP contribution in [0, 0.1) is 0 Å². The summed E-state index contributed by atoms with van der Waals surface area (Å²) in [6.45, 7) is 4.98. The smallest absolute Gasteiger partial charge is 0.281 e. The highest BCUT2D eigenvalue weighted by Crippen LogP contribution is 2.31. The Bertz CT molecular complexity index is 971. The zero-order valence-corrected chi connectivity index (χ0v) is 18.2. The van der Waals surface area contributed by atoms with E-state index >= 15 is 0 Å². The van der Waals surface area contributed by atoms with Gasteiger partial charge in [-0.2, -0.15) is 0 Å². The first-order chi connectivity index (χ1) is 15.2. The van der Waals surface area contributed by atoms with Crippen molar-refractivity contribution >= 4 is 35.0 Å². The van der Waals surface area contributed by atoms with E-state index in [1.54, 1.807) is 25.3 Å². The van der Waals surface area contributed by atoms with E-state index in [9.17, 15) is 4.79 Å². The molecule has 31 heavy (non-hydrogen) atoms. The molecule has 7 nitrogen and oxygen atoms in total. The summed E-state index contributed by atoms with van der Waals surface area (Å²) >= 11 is 5.39. The van der Waals surface area contributed by atoms with Crippen LogP contribution in [-0.2, 0) is 9.53 Å². The van der Waals surface area contributed by atoms with Gasteiger partial charge >= 0.3 is 0 Å². The average molecular weight is 440 g/mol. The van der Waals surface area contributed by atoms with Crippen molar-refractivity contribution in [3.63, 3.8) is 0 Å². The molecule has 0 radical (unpaired) electrons. The lowest BCUT2D eigenvalue weighted by atomic mass is 10.2. The minimum Gasteiger partial charge on any atom is -0.495 e. The molecule has 2 aliphatic heterocycles. The zero-order valence-electron chi connectivity index (χ0n) is 17.4. The maximum Gasteiger partial charge on any atom is 0.281 e. The number of amides is 1. The van der Waals surface area contributed by atoms with Gasteiger partial charge in [0.25, 0.3) is 5.91 Å². The second-order valence-corrected chi connectivity index (χ2v) is 7.56. The average Bonchev–Trinajstić information content (AvgIpc) is 3.08. The van der Waals surface area contributed by atoms with Gasteiger partial charge in [-0.05, 0) is 48.1 Å². The van der Waals surface area contributed by atoms with Crippen LogP contribution in [0.15, 0.2) is 54.2 Å². The lowest BCUT2D eigenvalue weighted by Crippen LogP contribution is -2.38. The number of methoxy groups -OCH3 is 1. The molecule has 1 amide bonds. The fraction of sp³-hybridized carbons (Fsp3) is 0.304. The van der Waals surface area contributed by atoms with Crippen LogP contribution in [0.2, 0.25) is 0 Å². The number of nitrogens with zero attached hydrogens (tertiary/aromatic N) is 2. The number of carbonyl (C=O) groups excluding carboxylic acids is 1. The number of rotatable bonds is 7. The Labute approximate surface area is 187 Å². The lowest BCUT2D eigenvalue weighted by Gasteiger charge is -2.26. The lowest BCUT2D eigenvalue weighted by molar-refractivity contribution is -0.113. The molecule has 0 atom stereocenters. The van der Waals surface area contributed by atoms with Gasteiger partial charge in [0.1, 0.15) is 23.8 Å². The van der Waals surface area contributed by atoms with E-state index in [0.29, 0.717) is 28.9 Å². The number of morpholine rings is 1. The molecule has 4 rings (SSSR count). The summed E-state index contributed by atoms with van der Waals surface area (Å²) in [6, 6.07) is 14.9. The number of thiocarbonyl (C=S) groups is 1. The molecule has 2 fully saturated rings. The van der Waals surface area contributed by atoms with Crippen LogP contribution in [0.3, 0.4) is 0 Å². The van der Waals surface area contributed by atoms with Gasteiger partial charge in [0.2, 0.25) is 0 Å². The predicted molar refractivity (Wildman–Crippen MR) is 123 cm³/mol. The molecular formula is C23H25N3O4S. The number of hydrogen-bond acceptors (Lipinski definition) is 6. The van der Waals surface area contributed by atoms with Crippen LogP contribution < -0.4 is 19.7 Å². The van der Waals surface area contributed by atoms with Crippen molar-refractivity contribution in [1.82, 2.24) is 10.2 Å². The quantitative estimate of drug-likeness (QED) is 0.526. The monoisotopic (exact) mass is 439 g/mol. The molecule has 2 aromatic rings. The van der Waals surface area contributed by atoms with Gasteiger partial charge in [0.05, 0.1) is 26.0 Å². The molecule has 2 heterocycles. The minimum atomic E-state index is -0.222. The topological polar surface area (TPSA) is 63.3 Å². The molecule has 2 aliphatic rings. The minimum absolute atomic E-state index is 0.222. The summed E-state index contributed by atoms with van der Waals surface area (Å²) in [5.41, 5.74) is 1.90. The Morgan fingerprint density at radius 3 is 2.61 bits per heavy atom. The number of benzene rings is 2. The predicted octanol–water partition coefficient (Wildman–Crippen LogP) is 2.67. The summed E-state index contributed by atoms with van der Waals surface area (Å²) in [6.07, 6.45) is 1.78. The van der Waals surface area contributed by atoms with Gasteiger partial charge in [-0.15, -0.1) is 0 Å². The number of nitrogens with one attached hydrogen (secondary N) is 1. The number of para-hydroxylation sites is 2. The third kappa shape index (κ3) is 5.04. The Kier molecular flexibility index (Phi) is 6.81. The van der Waals surface area contributed by atoms with Crippen LogP contribution in [0.1, 0.15) is 5.56 Å². The van der Waals surface area contributed by atoms with Crippen molar-refractivity contribution in [2.45, 2.75) is 0 Å². The highest BCUT2D eigenvalue weighted by atomic mass is 32.1. The van der Waals surface area contributed by atoms with Gasteiger partial charge in [0, 0.05) is 19.6 Å². The number of anilines is 1. The van der Waals surface area contributed by atoms with Crippen molar-refractivity contribution in [2.24, 2.45) is 0 Å². The summed E-state index contributed by atoms with van der Waals surface area (Å²) in [5.74, 6) is 1.16. The number of carbonyl (C=O) groups is 1. The first-order valence-electron chi connectivity index (χ1n) is 10.2. The summed E-state index contributed by atoms with van der Waals surface area (Å²) in [7, 11) is 1.57. The van der Waals surface area contributed by atoms with E-state index in [4.69, 9.17) is 26.4 Å². The SMILES string of the molecule is COc1ccccc1N1C(=O)/C(=C\c2ccc(OCCN3CCOCC3)cc2)NC1=S. The maximum absolute atomic E-state index is 13.0. The van der Waals surface area contributed by atoms with Gasteiger partial charge in [-0.25, -0.2) is 4.90 Å². The van der Waals surface area contributed by atoms with Gasteiger partial charge in [0.15, 0.2) is 5.11 Å². The molecule has 0 aliphatic carbocycles. The van der Waals surface area contributed by atoms with E-state index in [-0.39, 0.29) is 5.91 Å². The molecule has 1 N–H and O–H groups in total. The molecule has 162 valence electrons. The molecule has 2 saturated heterocycles. The third-order valence-electron chi connectivity index (χ3n) is 5.18. The maximum atomic E-state index is 13.0. The molecule has 2 aromatic carbocycles. The molecule has 0 spiro atoms. The summed E-state index contributed by atoms with van der Waals surface area (Å²) < 4.78 is 16.6. The number of hydrogen-bond donors (Lipinski definition) is 1. The van der Waals surface area contributed by atoms with Crippen molar-refractivity contribution in [2.75, 3.05) is 51.5 Å². The fourth-order valence-electron chi connectivity index (χ4n) is 3.51. The van der Waals surface area contributed by atoms with E-state index in [0.717, 1.165) is 44.2 Å². The van der Waals surface area contributed by atoms with Crippen molar-refractivity contribution in [3.8, 4) is 11.5 Å². The Morgan fingerprint density at radius 1 is 1.13 bits per heavy atom. The normalized spacial score (nSPS) is 18.4. The van der Waals surface area contributed by atoms with Crippen LogP contribution in [0.5, 0.6) is 11.5 Å². The highest BCUT2D eigenvalue weighted by molar-refractivity contribution is 7.80. The second-order valence-electron chi connectivity index (χ2n) is 7.17. The van der Waals surface area contributed by atoms with Crippen molar-refractivity contribution in [3.05, 3.63) is 59.8 Å². The second kappa shape index (κ2) is 9.91. The molecule has 0 saturated carbocycles. The molecule has 8 heteroatoms. The Hall–Kier alpha value is -2.94. The van der Waals surface area contributed by atoms with Crippen molar-refractivity contribution in [1.29, 1.82) is 0 Å². The fourth-order valence-corrected chi connectivity index (χ4v) is 3.80. The first kappa shape index (κ1) is 21.3. The largest absolute Gasteiger partial charge is 0.495 e. The molecular weight excluding hydrogens is 414 g/mol. The van der Waals surface area contributed by atoms with Crippen LogP contribution in [0.25, 0.3) is 6.08 Å². The van der Waals surface area contributed by atoms with Gasteiger partial charge in [-0.3, -0.25) is 9.69 Å². The molecule has 0 bridgehead atoms.